The number of amides is 1. The van der Waals surface area contributed by atoms with Crippen LogP contribution in [-0.4, -0.2) is 19.1 Å². The molecule has 2 aliphatic rings. The summed E-state index contributed by atoms with van der Waals surface area (Å²) in [5.41, 5.74) is 0.796. The third kappa shape index (κ3) is 3.06. The number of rotatable bonds is 2. The van der Waals surface area contributed by atoms with E-state index in [1.54, 1.807) is 0 Å². The molecule has 1 N–H and O–H groups in total. The average Bonchev–Trinajstić information content (AvgIpc) is 2.73. The molecular formula is C16H21NO3. The van der Waals surface area contributed by atoms with E-state index in [1.807, 2.05) is 18.2 Å². The summed E-state index contributed by atoms with van der Waals surface area (Å²) in [4.78, 5) is 12.2. The van der Waals surface area contributed by atoms with Gasteiger partial charge in [0.15, 0.2) is 11.5 Å². The second-order valence-electron chi connectivity index (χ2n) is 5.54. The van der Waals surface area contributed by atoms with Crippen molar-refractivity contribution in [2.45, 2.75) is 38.5 Å². The molecule has 1 heterocycles. The minimum atomic E-state index is 0.138. The van der Waals surface area contributed by atoms with Crippen molar-refractivity contribution < 1.29 is 14.3 Å². The minimum Gasteiger partial charge on any atom is -0.490 e. The predicted molar refractivity (Wildman–Crippen MR) is 77.3 cm³/mol. The first-order chi connectivity index (χ1) is 9.83. The van der Waals surface area contributed by atoms with E-state index >= 15 is 0 Å². The molecule has 0 saturated heterocycles. The first-order valence-corrected chi connectivity index (χ1v) is 7.53. The van der Waals surface area contributed by atoms with Crippen molar-refractivity contribution in [2.24, 2.45) is 5.92 Å². The normalized spacial score (nSPS) is 19.2. The molecule has 1 aromatic rings. The van der Waals surface area contributed by atoms with Gasteiger partial charge in [-0.1, -0.05) is 19.3 Å². The minimum absolute atomic E-state index is 0.138. The van der Waals surface area contributed by atoms with Crippen molar-refractivity contribution in [3.8, 4) is 11.5 Å². The second kappa shape index (κ2) is 6.16. The maximum Gasteiger partial charge on any atom is 0.227 e. The van der Waals surface area contributed by atoms with E-state index in [1.165, 1.54) is 19.3 Å². The number of carbonyl (C=O) groups is 1. The molecule has 20 heavy (non-hydrogen) atoms. The molecule has 0 bridgehead atoms. The number of ether oxygens (including phenoxy) is 2. The lowest BCUT2D eigenvalue weighted by atomic mass is 9.88. The van der Waals surface area contributed by atoms with Crippen LogP contribution in [0.25, 0.3) is 0 Å². The van der Waals surface area contributed by atoms with Gasteiger partial charge < -0.3 is 14.8 Å². The quantitative estimate of drug-likeness (QED) is 0.900. The van der Waals surface area contributed by atoms with Crippen molar-refractivity contribution in [1.29, 1.82) is 0 Å². The van der Waals surface area contributed by atoms with E-state index < -0.39 is 0 Å². The summed E-state index contributed by atoms with van der Waals surface area (Å²) in [5, 5.41) is 3.01. The number of nitrogens with one attached hydrogen (secondary N) is 1. The van der Waals surface area contributed by atoms with Gasteiger partial charge >= 0.3 is 0 Å². The highest BCUT2D eigenvalue weighted by Gasteiger charge is 2.21. The van der Waals surface area contributed by atoms with E-state index in [0.717, 1.165) is 36.4 Å². The Kier molecular flexibility index (Phi) is 4.09. The molecule has 1 saturated carbocycles. The molecule has 3 rings (SSSR count). The Hall–Kier alpha value is -1.71. The smallest absolute Gasteiger partial charge is 0.227 e. The van der Waals surface area contributed by atoms with Gasteiger partial charge in [0.2, 0.25) is 5.91 Å². The topological polar surface area (TPSA) is 47.6 Å². The highest BCUT2D eigenvalue weighted by Crippen LogP contribution is 2.33. The molecule has 1 aromatic carbocycles. The zero-order valence-electron chi connectivity index (χ0n) is 11.7. The number of benzene rings is 1. The van der Waals surface area contributed by atoms with Gasteiger partial charge in [-0.05, 0) is 25.0 Å². The molecule has 0 aromatic heterocycles. The predicted octanol–water partition coefficient (Wildman–Crippen LogP) is 3.37. The summed E-state index contributed by atoms with van der Waals surface area (Å²) in [5.74, 6) is 1.79. The zero-order valence-corrected chi connectivity index (χ0v) is 11.7. The highest BCUT2D eigenvalue weighted by molar-refractivity contribution is 5.92. The van der Waals surface area contributed by atoms with E-state index in [0.29, 0.717) is 13.2 Å². The number of hydrogen-bond acceptors (Lipinski definition) is 3. The summed E-state index contributed by atoms with van der Waals surface area (Å²) < 4.78 is 11.2. The lowest BCUT2D eigenvalue weighted by Crippen LogP contribution is -2.24. The number of hydrogen-bond donors (Lipinski definition) is 1. The van der Waals surface area contributed by atoms with E-state index in [9.17, 15) is 4.79 Å². The molecule has 1 aliphatic carbocycles. The molecule has 0 atom stereocenters. The number of fused-ring (bicyclic) bond motifs is 1. The fourth-order valence-corrected chi connectivity index (χ4v) is 2.85. The second-order valence-corrected chi connectivity index (χ2v) is 5.54. The van der Waals surface area contributed by atoms with Gasteiger partial charge in [0.25, 0.3) is 0 Å². The van der Waals surface area contributed by atoms with Crippen LogP contribution in [0.15, 0.2) is 18.2 Å². The third-order valence-corrected chi connectivity index (χ3v) is 3.99. The molecule has 1 fully saturated rings. The number of carbonyl (C=O) groups excluding carboxylic acids is 1. The molecular weight excluding hydrogens is 254 g/mol. The van der Waals surface area contributed by atoms with Crippen LogP contribution in [0.2, 0.25) is 0 Å². The van der Waals surface area contributed by atoms with Crippen LogP contribution in [0.1, 0.15) is 38.5 Å². The fraction of sp³-hybridized carbons (Fsp3) is 0.562. The van der Waals surface area contributed by atoms with E-state index in [4.69, 9.17) is 9.47 Å². The SMILES string of the molecule is O=C(Nc1ccc2c(c1)OCCCO2)C1CCCCC1. The van der Waals surface area contributed by atoms with Crippen LogP contribution in [0.4, 0.5) is 5.69 Å². The maximum atomic E-state index is 12.2. The molecule has 1 aliphatic heterocycles. The van der Waals surface area contributed by atoms with Crippen LogP contribution in [0.5, 0.6) is 11.5 Å². The molecule has 108 valence electrons. The van der Waals surface area contributed by atoms with Crippen molar-refractivity contribution in [2.75, 3.05) is 18.5 Å². The van der Waals surface area contributed by atoms with Gasteiger partial charge in [-0.2, -0.15) is 0 Å². The van der Waals surface area contributed by atoms with E-state index in [-0.39, 0.29) is 11.8 Å². The lowest BCUT2D eigenvalue weighted by molar-refractivity contribution is -0.120. The Bertz CT molecular complexity index is 481. The third-order valence-electron chi connectivity index (χ3n) is 3.99. The van der Waals surface area contributed by atoms with Gasteiger partial charge in [-0.15, -0.1) is 0 Å². The molecule has 0 unspecified atom stereocenters. The van der Waals surface area contributed by atoms with Crippen molar-refractivity contribution >= 4 is 11.6 Å². The largest absolute Gasteiger partial charge is 0.490 e. The fourth-order valence-electron chi connectivity index (χ4n) is 2.85. The van der Waals surface area contributed by atoms with Gasteiger partial charge in [0.1, 0.15) is 0 Å². The van der Waals surface area contributed by atoms with Crippen LogP contribution >= 0.6 is 0 Å². The Morgan fingerprint density at radius 1 is 1.00 bits per heavy atom. The van der Waals surface area contributed by atoms with Gasteiger partial charge in [-0.3, -0.25) is 4.79 Å². The van der Waals surface area contributed by atoms with E-state index in [2.05, 4.69) is 5.32 Å². The highest BCUT2D eigenvalue weighted by atomic mass is 16.5. The molecule has 0 spiro atoms. The molecule has 0 radical (unpaired) electrons. The Morgan fingerprint density at radius 3 is 2.55 bits per heavy atom. The molecule has 4 nitrogen and oxygen atoms in total. The summed E-state index contributed by atoms with van der Waals surface area (Å²) in [6.07, 6.45) is 6.50. The van der Waals surface area contributed by atoms with Crippen LogP contribution in [-0.2, 0) is 4.79 Å². The van der Waals surface area contributed by atoms with Gasteiger partial charge in [0, 0.05) is 24.1 Å². The Morgan fingerprint density at radius 2 is 1.75 bits per heavy atom. The Balaban J connectivity index is 1.68. The number of anilines is 1. The molecule has 1 amide bonds. The standard InChI is InChI=1S/C16H21NO3/c18-16(12-5-2-1-3-6-12)17-13-7-8-14-15(11-13)20-10-4-9-19-14/h7-8,11-12H,1-6,9-10H2,(H,17,18). The van der Waals surface area contributed by atoms with Crippen molar-refractivity contribution in [3.63, 3.8) is 0 Å². The van der Waals surface area contributed by atoms with Crippen LogP contribution < -0.4 is 14.8 Å². The molecule has 4 heteroatoms. The van der Waals surface area contributed by atoms with Gasteiger partial charge in [0.05, 0.1) is 13.2 Å². The zero-order chi connectivity index (χ0) is 13.8. The summed E-state index contributed by atoms with van der Waals surface area (Å²) in [6, 6.07) is 5.62. The first-order valence-electron chi connectivity index (χ1n) is 7.53. The average molecular weight is 275 g/mol. The van der Waals surface area contributed by atoms with Gasteiger partial charge in [-0.25, -0.2) is 0 Å². The summed E-state index contributed by atoms with van der Waals surface area (Å²) in [6.45, 7) is 1.34. The monoisotopic (exact) mass is 275 g/mol. The first kappa shape index (κ1) is 13.3. The Labute approximate surface area is 119 Å². The van der Waals surface area contributed by atoms with Crippen LogP contribution in [0, 0.1) is 5.92 Å². The lowest BCUT2D eigenvalue weighted by Gasteiger charge is -2.21. The summed E-state index contributed by atoms with van der Waals surface area (Å²) in [7, 11) is 0. The summed E-state index contributed by atoms with van der Waals surface area (Å²) >= 11 is 0. The van der Waals surface area contributed by atoms with Crippen molar-refractivity contribution in [1.82, 2.24) is 0 Å². The van der Waals surface area contributed by atoms with Crippen LogP contribution in [0.3, 0.4) is 0 Å². The maximum absolute atomic E-state index is 12.2. The van der Waals surface area contributed by atoms with Crippen molar-refractivity contribution in [3.05, 3.63) is 18.2 Å².